The average Bonchev–Trinajstić information content (AvgIpc) is 2.37. The Morgan fingerprint density at radius 3 is 2.43 bits per heavy atom. The molecule has 118 valence electrons. The molecule has 0 unspecified atom stereocenters. The van der Waals surface area contributed by atoms with Crippen LogP contribution in [0.2, 0.25) is 0 Å². The highest BCUT2D eigenvalue weighted by molar-refractivity contribution is 6.18. The second-order valence-electron chi connectivity index (χ2n) is 5.80. The second kappa shape index (κ2) is 8.37. The summed E-state index contributed by atoms with van der Waals surface area (Å²) in [7, 11) is 0. The van der Waals surface area contributed by atoms with Crippen molar-refractivity contribution in [2.45, 2.75) is 50.9 Å². The van der Waals surface area contributed by atoms with Crippen LogP contribution in [0.4, 0.5) is 0 Å². The van der Waals surface area contributed by atoms with E-state index in [0.29, 0.717) is 6.42 Å². The lowest BCUT2D eigenvalue weighted by Crippen LogP contribution is -2.32. The molecule has 1 aromatic rings. The smallest absolute Gasteiger partial charge is 0.308 e. The van der Waals surface area contributed by atoms with Gasteiger partial charge in [0, 0.05) is 18.7 Å². The Morgan fingerprint density at radius 1 is 1.24 bits per heavy atom. The molecule has 2 N–H and O–H groups in total. The molecule has 2 atom stereocenters. The number of halogens is 1. The van der Waals surface area contributed by atoms with Gasteiger partial charge >= 0.3 is 5.97 Å². The fourth-order valence-corrected chi connectivity index (χ4v) is 2.25. The number of esters is 1. The Labute approximate surface area is 130 Å². The van der Waals surface area contributed by atoms with Crippen molar-refractivity contribution in [2.24, 2.45) is 0 Å². The summed E-state index contributed by atoms with van der Waals surface area (Å²) in [6.07, 6.45) is -1.24. The van der Waals surface area contributed by atoms with Crippen molar-refractivity contribution >= 4 is 17.6 Å². The summed E-state index contributed by atoms with van der Waals surface area (Å²) in [5, 5.41) is 19.0. The van der Waals surface area contributed by atoms with Gasteiger partial charge in [0.1, 0.15) is 5.60 Å². The Hall–Kier alpha value is -1.10. The molecule has 4 nitrogen and oxygen atoms in total. The molecule has 0 aromatic heterocycles. The van der Waals surface area contributed by atoms with Gasteiger partial charge in [-0.2, -0.15) is 0 Å². The Kier molecular flexibility index (Phi) is 7.15. The monoisotopic (exact) mass is 314 g/mol. The van der Waals surface area contributed by atoms with Crippen LogP contribution in [0.1, 0.15) is 32.3 Å². The van der Waals surface area contributed by atoms with Gasteiger partial charge < -0.3 is 14.9 Å². The molecule has 0 amide bonds. The van der Waals surface area contributed by atoms with Gasteiger partial charge in [0.2, 0.25) is 0 Å². The number of alkyl halides is 1. The van der Waals surface area contributed by atoms with Crippen molar-refractivity contribution in [3.8, 4) is 0 Å². The fraction of sp³-hybridized carbons (Fsp3) is 0.562. The Bertz CT molecular complexity index is 433. The number of ether oxygens (including phenoxy) is 1. The van der Waals surface area contributed by atoms with E-state index in [-0.39, 0.29) is 18.7 Å². The van der Waals surface area contributed by atoms with Crippen LogP contribution in [-0.2, 0) is 16.0 Å². The number of aliphatic hydroxyl groups is 2. The Balaban J connectivity index is 2.45. The summed E-state index contributed by atoms with van der Waals surface area (Å²) in [5.41, 5.74) is 0.428. The zero-order valence-electron chi connectivity index (χ0n) is 12.5. The van der Waals surface area contributed by atoms with Crippen molar-refractivity contribution in [1.82, 2.24) is 0 Å². The zero-order valence-corrected chi connectivity index (χ0v) is 13.2. The molecule has 0 saturated carbocycles. The largest absolute Gasteiger partial charge is 0.459 e. The van der Waals surface area contributed by atoms with Gasteiger partial charge in [0.15, 0.2) is 0 Å². The summed E-state index contributed by atoms with van der Waals surface area (Å²) in [4.78, 5) is 11.8. The van der Waals surface area contributed by atoms with E-state index >= 15 is 0 Å². The van der Waals surface area contributed by atoms with Crippen LogP contribution >= 0.6 is 11.6 Å². The van der Waals surface area contributed by atoms with E-state index in [2.05, 4.69) is 0 Å². The van der Waals surface area contributed by atoms with E-state index in [9.17, 15) is 15.0 Å². The van der Waals surface area contributed by atoms with Crippen LogP contribution in [0.3, 0.4) is 0 Å². The molecule has 0 aliphatic carbocycles. The highest BCUT2D eigenvalue weighted by Crippen LogP contribution is 2.18. The van der Waals surface area contributed by atoms with Gasteiger partial charge in [-0.15, -0.1) is 11.6 Å². The maximum Gasteiger partial charge on any atom is 0.308 e. The number of rotatable bonds is 8. The van der Waals surface area contributed by atoms with Gasteiger partial charge in [-0.05, 0) is 19.4 Å². The van der Waals surface area contributed by atoms with E-state index < -0.39 is 23.8 Å². The summed E-state index contributed by atoms with van der Waals surface area (Å²) in [6, 6.07) is 9.75. The number of hydrogen-bond acceptors (Lipinski definition) is 4. The third kappa shape index (κ3) is 7.46. The first-order valence-corrected chi connectivity index (χ1v) is 7.53. The SMILES string of the molecule is CC(C)(Cc1ccccc1)OC(=O)C[C@H](O)C[C@H](O)CCl. The van der Waals surface area contributed by atoms with Crippen LogP contribution in [0, 0.1) is 0 Å². The lowest BCUT2D eigenvalue weighted by Gasteiger charge is -2.26. The van der Waals surface area contributed by atoms with E-state index in [0.717, 1.165) is 5.56 Å². The fourth-order valence-electron chi connectivity index (χ4n) is 2.13. The lowest BCUT2D eigenvalue weighted by atomic mass is 9.98. The van der Waals surface area contributed by atoms with Crippen LogP contribution < -0.4 is 0 Å². The quantitative estimate of drug-likeness (QED) is 0.571. The van der Waals surface area contributed by atoms with Gasteiger partial charge in [-0.1, -0.05) is 30.3 Å². The summed E-state index contributed by atoms with van der Waals surface area (Å²) >= 11 is 5.45. The average molecular weight is 315 g/mol. The van der Waals surface area contributed by atoms with Gasteiger partial charge in [0.25, 0.3) is 0 Å². The highest BCUT2D eigenvalue weighted by atomic mass is 35.5. The third-order valence-electron chi connectivity index (χ3n) is 2.99. The van der Waals surface area contributed by atoms with Gasteiger partial charge in [0.05, 0.1) is 18.6 Å². The molecule has 1 aromatic carbocycles. The van der Waals surface area contributed by atoms with Crippen molar-refractivity contribution in [3.63, 3.8) is 0 Å². The number of benzene rings is 1. The van der Waals surface area contributed by atoms with Crippen LogP contribution in [0.25, 0.3) is 0 Å². The standard InChI is InChI=1S/C16H23ClO4/c1-16(2,10-12-6-4-3-5-7-12)21-15(20)9-13(18)8-14(19)11-17/h3-7,13-14,18-19H,8-11H2,1-2H3/t13-,14+/m1/s1. The van der Waals surface area contributed by atoms with Gasteiger partial charge in [-0.3, -0.25) is 4.79 Å². The topological polar surface area (TPSA) is 66.8 Å². The first-order valence-electron chi connectivity index (χ1n) is 7.00. The minimum atomic E-state index is -0.946. The van der Waals surface area contributed by atoms with E-state index in [1.54, 1.807) is 0 Å². The van der Waals surface area contributed by atoms with Gasteiger partial charge in [-0.25, -0.2) is 0 Å². The number of carbonyl (C=O) groups excluding carboxylic acids is 1. The predicted octanol–water partition coefficient (Wildman–Crippen LogP) is 2.29. The number of carbonyl (C=O) groups is 1. The molecule has 0 aliphatic rings. The molecular weight excluding hydrogens is 292 g/mol. The van der Waals surface area contributed by atoms with Crippen LogP contribution in [0.15, 0.2) is 30.3 Å². The minimum Gasteiger partial charge on any atom is -0.459 e. The zero-order chi connectivity index (χ0) is 15.9. The van der Waals surface area contributed by atoms with Crippen molar-refractivity contribution in [3.05, 3.63) is 35.9 Å². The summed E-state index contributed by atoms with van der Waals surface area (Å²) < 4.78 is 5.41. The molecule has 0 saturated heterocycles. The normalized spacial score (nSPS) is 14.5. The molecule has 0 fully saturated rings. The Morgan fingerprint density at radius 2 is 1.86 bits per heavy atom. The summed E-state index contributed by atoms with van der Waals surface area (Å²) in [6.45, 7) is 3.66. The number of aliphatic hydroxyl groups excluding tert-OH is 2. The minimum absolute atomic E-state index is 0.0333. The van der Waals surface area contributed by atoms with E-state index in [1.165, 1.54) is 0 Å². The molecule has 0 spiro atoms. The molecular formula is C16H23ClO4. The maximum atomic E-state index is 11.8. The molecule has 0 aliphatic heterocycles. The first-order chi connectivity index (χ1) is 9.82. The lowest BCUT2D eigenvalue weighted by molar-refractivity contribution is -0.158. The first kappa shape index (κ1) is 18.0. The maximum absolute atomic E-state index is 11.8. The molecule has 1 rings (SSSR count). The van der Waals surface area contributed by atoms with Crippen molar-refractivity contribution < 1.29 is 19.7 Å². The molecule has 0 heterocycles. The summed E-state index contributed by atoms with van der Waals surface area (Å²) in [5.74, 6) is -0.448. The highest BCUT2D eigenvalue weighted by Gasteiger charge is 2.25. The number of hydrogen-bond donors (Lipinski definition) is 2. The predicted molar refractivity (Wildman–Crippen MR) is 82.3 cm³/mol. The third-order valence-corrected chi connectivity index (χ3v) is 3.34. The molecule has 0 bridgehead atoms. The van der Waals surface area contributed by atoms with Crippen LogP contribution in [-0.4, -0.2) is 39.9 Å². The molecule has 0 radical (unpaired) electrons. The van der Waals surface area contributed by atoms with Crippen LogP contribution in [0.5, 0.6) is 0 Å². The van der Waals surface area contributed by atoms with Crippen molar-refractivity contribution in [1.29, 1.82) is 0 Å². The second-order valence-corrected chi connectivity index (χ2v) is 6.11. The van der Waals surface area contributed by atoms with Crippen molar-refractivity contribution in [2.75, 3.05) is 5.88 Å². The van der Waals surface area contributed by atoms with E-state index in [1.807, 2.05) is 44.2 Å². The molecule has 5 heteroatoms. The van der Waals surface area contributed by atoms with E-state index in [4.69, 9.17) is 16.3 Å². The molecule has 21 heavy (non-hydrogen) atoms.